The number of carboxylic acids is 1. The highest BCUT2D eigenvalue weighted by molar-refractivity contribution is 5.80. The molecule has 2 aromatic rings. The minimum atomic E-state index is -0.832. The van der Waals surface area contributed by atoms with Crippen molar-refractivity contribution in [2.45, 2.75) is 46.0 Å². The van der Waals surface area contributed by atoms with E-state index < -0.39 is 18.0 Å². The standard InChI is InChI=1S/C28H36N2O5/c1-18(2)15-20(26(31)29-14-8-9-19(3)27(32)33)16-30-28(34)35-17-25-23-12-6-4-10-21(23)22-11-5-7-13-24(22)25/h4-7,10-13,18-20,25H,8-9,14-17H2,1-3H3,(H,29,31)(H,30,34)(H,32,33). The van der Waals surface area contributed by atoms with Gasteiger partial charge in [0, 0.05) is 19.0 Å². The van der Waals surface area contributed by atoms with Gasteiger partial charge in [0.1, 0.15) is 6.61 Å². The second-order valence-electron chi connectivity index (χ2n) is 9.71. The minimum Gasteiger partial charge on any atom is -0.481 e. The SMILES string of the molecule is CC(C)CC(CNC(=O)OCC1c2ccccc2-c2ccccc21)C(=O)NCCCC(C)C(=O)O. The Morgan fingerprint density at radius 3 is 2.11 bits per heavy atom. The van der Waals surface area contributed by atoms with Gasteiger partial charge in [0.05, 0.1) is 11.8 Å². The Bertz CT molecular complexity index is 990. The molecule has 0 bridgehead atoms. The topological polar surface area (TPSA) is 105 Å². The molecule has 2 aromatic carbocycles. The summed E-state index contributed by atoms with van der Waals surface area (Å²) in [6.07, 6.45) is 1.18. The van der Waals surface area contributed by atoms with Crippen LogP contribution in [-0.2, 0) is 14.3 Å². The summed E-state index contributed by atoms with van der Waals surface area (Å²) in [6.45, 7) is 6.54. The Labute approximate surface area is 207 Å². The highest BCUT2D eigenvalue weighted by Gasteiger charge is 2.29. The fraction of sp³-hybridized carbons (Fsp3) is 0.464. The lowest BCUT2D eigenvalue weighted by Crippen LogP contribution is -2.40. The maximum atomic E-state index is 12.7. The molecule has 0 aromatic heterocycles. The fourth-order valence-corrected chi connectivity index (χ4v) is 4.60. The molecule has 2 atom stereocenters. The first-order valence-corrected chi connectivity index (χ1v) is 12.4. The van der Waals surface area contributed by atoms with Crippen LogP contribution in [0.2, 0.25) is 0 Å². The van der Waals surface area contributed by atoms with Crippen LogP contribution in [0.25, 0.3) is 11.1 Å². The summed E-state index contributed by atoms with van der Waals surface area (Å²) in [5.41, 5.74) is 4.64. The molecular weight excluding hydrogens is 444 g/mol. The molecule has 0 spiro atoms. The quantitative estimate of drug-likeness (QED) is 0.378. The third-order valence-corrected chi connectivity index (χ3v) is 6.50. The summed E-state index contributed by atoms with van der Waals surface area (Å²) in [6, 6.07) is 16.3. The number of rotatable bonds is 12. The molecule has 0 fully saturated rings. The number of ether oxygens (including phenoxy) is 1. The van der Waals surface area contributed by atoms with Crippen LogP contribution in [0.5, 0.6) is 0 Å². The molecule has 35 heavy (non-hydrogen) atoms. The van der Waals surface area contributed by atoms with E-state index >= 15 is 0 Å². The van der Waals surface area contributed by atoms with Gasteiger partial charge < -0.3 is 20.5 Å². The van der Waals surface area contributed by atoms with Gasteiger partial charge in [0.15, 0.2) is 0 Å². The molecule has 7 nitrogen and oxygen atoms in total. The summed E-state index contributed by atoms with van der Waals surface area (Å²) in [5.74, 6) is -1.53. The van der Waals surface area contributed by atoms with Crippen LogP contribution >= 0.6 is 0 Å². The molecule has 0 heterocycles. The van der Waals surface area contributed by atoms with Gasteiger partial charge in [0.25, 0.3) is 0 Å². The molecule has 2 amide bonds. The van der Waals surface area contributed by atoms with Crippen molar-refractivity contribution in [1.82, 2.24) is 10.6 Å². The molecule has 1 aliphatic rings. The predicted octanol–water partition coefficient (Wildman–Crippen LogP) is 4.80. The predicted molar refractivity (Wildman–Crippen MR) is 135 cm³/mol. The smallest absolute Gasteiger partial charge is 0.407 e. The Morgan fingerprint density at radius 2 is 1.54 bits per heavy atom. The lowest BCUT2D eigenvalue weighted by atomic mass is 9.96. The van der Waals surface area contributed by atoms with Crippen molar-refractivity contribution in [2.75, 3.05) is 19.7 Å². The van der Waals surface area contributed by atoms with Crippen molar-refractivity contribution in [2.24, 2.45) is 17.8 Å². The van der Waals surface area contributed by atoms with Crippen molar-refractivity contribution in [3.63, 3.8) is 0 Å². The first-order chi connectivity index (χ1) is 16.8. The lowest BCUT2D eigenvalue weighted by Gasteiger charge is -2.20. The van der Waals surface area contributed by atoms with E-state index in [-0.39, 0.29) is 36.8 Å². The molecule has 188 valence electrons. The number of amides is 2. The Hall–Kier alpha value is -3.35. The molecule has 0 aliphatic heterocycles. The van der Waals surface area contributed by atoms with Gasteiger partial charge in [-0.2, -0.15) is 0 Å². The van der Waals surface area contributed by atoms with Gasteiger partial charge in [-0.05, 0) is 47.4 Å². The summed E-state index contributed by atoms with van der Waals surface area (Å²) < 4.78 is 5.58. The van der Waals surface area contributed by atoms with E-state index in [1.54, 1.807) is 6.92 Å². The maximum Gasteiger partial charge on any atom is 0.407 e. The Kier molecular flexibility index (Phi) is 9.29. The van der Waals surface area contributed by atoms with Crippen molar-refractivity contribution >= 4 is 18.0 Å². The van der Waals surface area contributed by atoms with E-state index in [0.717, 1.165) is 11.1 Å². The van der Waals surface area contributed by atoms with E-state index in [2.05, 4.69) is 34.9 Å². The van der Waals surface area contributed by atoms with Crippen LogP contribution in [0.1, 0.15) is 57.1 Å². The largest absolute Gasteiger partial charge is 0.481 e. The van der Waals surface area contributed by atoms with Gasteiger partial charge in [-0.15, -0.1) is 0 Å². The third-order valence-electron chi connectivity index (χ3n) is 6.50. The number of carboxylic acid groups (broad SMARTS) is 1. The molecular formula is C28H36N2O5. The molecule has 0 saturated carbocycles. The first-order valence-electron chi connectivity index (χ1n) is 12.4. The zero-order chi connectivity index (χ0) is 25.4. The highest BCUT2D eigenvalue weighted by Crippen LogP contribution is 2.44. The highest BCUT2D eigenvalue weighted by atomic mass is 16.5. The molecule has 3 rings (SSSR count). The van der Waals surface area contributed by atoms with E-state index in [9.17, 15) is 14.4 Å². The van der Waals surface area contributed by atoms with Gasteiger partial charge in [-0.25, -0.2) is 4.79 Å². The second-order valence-corrected chi connectivity index (χ2v) is 9.71. The van der Waals surface area contributed by atoms with Crippen LogP contribution in [0.4, 0.5) is 4.79 Å². The molecule has 3 N–H and O–H groups in total. The second kappa shape index (κ2) is 12.4. The summed E-state index contributed by atoms with van der Waals surface area (Å²) in [7, 11) is 0. The van der Waals surface area contributed by atoms with Crippen LogP contribution in [-0.4, -0.2) is 42.8 Å². The van der Waals surface area contributed by atoms with E-state index in [4.69, 9.17) is 9.84 Å². The summed E-state index contributed by atoms with van der Waals surface area (Å²) >= 11 is 0. The zero-order valence-corrected chi connectivity index (χ0v) is 20.8. The monoisotopic (exact) mass is 480 g/mol. The lowest BCUT2D eigenvalue weighted by molar-refractivity contribution is -0.141. The van der Waals surface area contributed by atoms with Gasteiger partial charge in [-0.3, -0.25) is 9.59 Å². The van der Waals surface area contributed by atoms with Gasteiger partial charge in [0.2, 0.25) is 5.91 Å². The number of nitrogens with one attached hydrogen (secondary N) is 2. The maximum absolute atomic E-state index is 12.7. The number of carbonyl (C=O) groups excluding carboxylic acids is 2. The fourth-order valence-electron chi connectivity index (χ4n) is 4.60. The van der Waals surface area contributed by atoms with E-state index in [0.29, 0.717) is 25.8 Å². The number of alkyl carbamates (subject to hydrolysis) is 1. The van der Waals surface area contributed by atoms with Crippen LogP contribution < -0.4 is 10.6 Å². The van der Waals surface area contributed by atoms with Gasteiger partial charge >= 0.3 is 12.1 Å². The third kappa shape index (κ3) is 7.07. The van der Waals surface area contributed by atoms with Crippen LogP contribution in [0.15, 0.2) is 48.5 Å². The van der Waals surface area contributed by atoms with Crippen molar-refractivity contribution < 1.29 is 24.2 Å². The number of fused-ring (bicyclic) bond motifs is 3. The molecule has 1 aliphatic carbocycles. The van der Waals surface area contributed by atoms with Crippen molar-refractivity contribution in [3.05, 3.63) is 59.7 Å². The average molecular weight is 481 g/mol. The van der Waals surface area contributed by atoms with Crippen molar-refractivity contribution in [3.8, 4) is 11.1 Å². The number of hydrogen-bond donors (Lipinski definition) is 3. The molecule has 7 heteroatoms. The van der Waals surface area contributed by atoms with Crippen LogP contribution in [0.3, 0.4) is 0 Å². The van der Waals surface area contributed by atoms with Crippen molar-refractivity contribution in [1.29, 1.82) is 0 Å². The Balaban J connectivity index is 1.50. The number of carbonyl (C=O) groups is 3. The molecule has 0 radical (unpaired) electrons. The summed E-state index contributed by atoms with van der Waals surface area (Å²) in [5, 5.41) is 14.6. The number of aliphatic carboxylic acids is 1. The Morgan fingerprint density at radius 1 is 0.943 bits per heavy atom. The number of hydrogen-bond acceptors (Lipinski definition) is 4. The van der Waals surface area contributed by atoms with Gasteiger partial charge in [-0.1, -0.05) is 69.3 Å². The first kappa shape index (κ1) is 26.3. The summed E-state index contributed by atoms with van der Waals surface area (Å²) in [4.78, 5) is 36.1. The van der Waals surface area contributed by atoms with E-state index in [1.165, 1.54) is 11.1 Å². The van der Waals surface area contributed by atoms with Crippen LogP contribution in [0, 0.1) is 17.8 Å². The zero-order valence-electron chi connectivity index (χ0n) is 20.8. The average Bonchev–Trinajstić information content (AvgIpc) is 3.16. The molecule has 0 saturated heterocycles. The minimum absolute atomic E-state index is 0.0175. The normalized spacial score (nSPS) is 14.1. The molecule has 2 unspecified atom stereocenters. The van der Waals surface area contributed by atoms with E-state index in [1.807, 2.05) is 38.1 Å². The number of benzene rings is 2.